The third-order valence-electron chi connectivity index (χ3n) is 6.57. The number of carbonyl (C=O) groups excluding carboxylic acids is 2. The highest BCUT2D eigenvalue weighted by atomic mass is 16.6. The SMILES string of the molecule is CCOC(=O)C(CC1CCN(C(=O)OCc2ccccc2)CC1)N=C(c1ccccc1)c1ccccc1. The number of likely N-dealkylation sites (tertiary alicyclic amines) is 1. The minimum Gasteiger partial charge on any atom is -0.464 e. The van der Waals surface area contributed by atoms with Crippen LogP contribution in [0.25, 0.3) is 0 Å². The average molecular weight is 499 g/mol. The second-order valence-electron chi connectivity index (χ2n) is 9.18. The van der Waals surface area contributed by atoms with Gasteiger partial charge in [-0.15, -0.1) is 0 Å². The van der Waals surface area contributed by atoms with Crippen molar-refractivity contribution >= 4 is 17.8 Å². The summed E-state index contributed by atoms with van der Waals surface area (Å²) in [5.41, 5.74) is 3.66. The number of esters is 1. The Hall–Kier alpha value is -3.93. The van der Waals surface area contributed by atoms with Gasteiger partial charge in [-0.3, -0.25) is 4.99 Å². The summed E-state index contributed by atoms with van der Waals surface area (Å²) in [4.78, 5) is 32.3. The fourth-order valence-electron chi connectivity index (χ4n) is 4.58. The van der Waals surface area contributed by atoms with Crippen molar-refractivity contribution in [1.29, 1.82) is 0 Å². The highest BCUT2D eigenvalue weighted by Crippen LogP contribution is 2.25. The Labute approximate surface area is 218 Å². The van der Waals surface area contributed by atoms with E-state index in [2.05, 4.69) is 0 Å². The van der Waals surface area contributed by atoms with E-state index in [0.29, 0.717) is 26.1 Å². The second-order valence-corrected chi connectivity index (χ2v) is 9.18. The molecule has 1 amide bonds. The first kappa shape index (κ1) is 26.1. The lowest BCUT2D eigenvalue weighted by Crippen LogP contribution is -2.40. The molecule has 0 radical (unpaired) electrons. The molecule has 4 rings (SSSR count). The summed E-state index contributed by atoms with van der Waals surface area (Å²) in [5, 5.41) is 0. The van der Waals surface area contributed by atoms with Crippen LogP contribution in [-0.4, -0.2) is 48.4 Å². The van der Waals surface area contributed by atoms with Crippen LogP contribution < -0.4 is 0 Å². The predicted molar refractivity (Wildman–Crippen MR) is 144 cm³/mol. The second kappa shape index (κ2) is 13.4. The van der Waals surface area contributed by atoms with Gasteiger partial charge in [0, 0.05) is 24.2 Å². The smallest absolute Gasteiger partial charge is 0.410 e. The summed E-state index contributed by atoms with van der Waals surface area (Å²) >= 11 is 0. The van der Waals surface area contributed by atoms with Gasteiger partial charge in [-0.25, -0.2) is 9.59 Å². The third kappa shape index (κ3) is 7.53. The lowest BCUT2D eigenvalue weighted by atomic mass is 9.90. The molecule has 0 aromatic heterocycles. The lowest BCUT2D eigenvalue weighted by Gasteiger charge is -2.32. The number of hydrogen-bond donors (Lipinski definition) is 0. The van der Waals surface area contributed by atoms with Gasteiger partial charge in [0.05, 0.1) is 12.3 Å². The standard InChI is InChI=1S/C31H34N2O4/c1-2-36-30(34)28(32-29(26-14-8-4-9-15-26)27-16-10-5-11-17-27)22-24-18-20-33(21-19-24)31(35)37-23-25-12-6-3-7-13-25/h3-17,24,28H,2,18-23H2,1H3. The molecule has 0 saturated carbocycles. The first-order chi connectivity index (χ1) is 18.1. The molecule has 6 nitrogen and oxygen atoms in total. The monoisotopic (exact) mass is 498 g/mol. The van der Waals surface area contributed by atoms with E-state index in [0.717, 1.165) is 35.2 Å². The molecule has 6 heteroatoms. The fraction of sp³-hybridized carbons (Fsp3) is 0.323. The molecule has 1 aliphatic rings. The fourth-order valence-corrected chi connectivity index (χ4v) is 4.58. The number of carbonyl (C=O) groups is 2. The molecule has 3 aromatic rings. The maximum absolute atomic E-state index is 13.0. The van der Waals surface area contributed by atoms with Gasteiger partial charge >= 0.3 is 12.1 Å². The number of hydrogen-bond acceptors (Lipinski definition) is 5. The molecule has 37 heavy (non-hydrogen) atoms. The Morgan fingerprint density at radius 2 is 1.38 bits per heavy atom. The Balaban J connectivity index is 1.43. The van der Waals surface area contributed by atoms with Crippen molar-refractivity contribution in [2.45, 2.75) is 38.8 Å². The van der Waals surface area contributed by atoms with Crippen LogP contribution in [0.2, 0.25) is 0 Å². The van der Waals surface area contributed by atoms with E-state index in [1.807, 2.05) is 97.9 Å². The summed E-state index contributed by atoms with van der Waals surface area (Å²) < 4.78 is 10.9. The van der Waals surface area contributed by atoms with Crippen molar-refractivity contribution in [3.63, 3.8) is 0 Å². The van der Waals surface area contributed by atoms with E-state index in [4.69, 9.17) is 14.5 Å². The van der Waals surface area contributed by atoms with Crippen molar-refractivity contribution in [2.24, 2.45) is 10.9 Å². The van der Waals surface area contributed by atoms with Crippen LogP contribution in [-0.2, 0) is 20.9 Å². The quantitative estimate of drug-likeness (QED) is 0.272. The van der Waals surface area contributed by atoms with E-state index >= 15 is 0 Å². The van der Waals surface area contributed by atoms with E-state index in [-0.39, 0.29) is 24.6 Å². The Bertz CT molecular complexity index is 1120. The maximum Gasteiger partial charge on any atom is 0.410 e. The molecule has 1 unspecified atom stereocenters. The van der Waals surface area contributed by atoms with Crippen molar-refractivity contribution in [3.8, 4) is 0 Å². The van der Waals surface area contributed by atoms with E-state index < -0.39 is 6.04 Å². The minimum atomic E-state index is -0.614. The highest BCUT2D eigenvalue weighted by molar-refractivity contribution is 6.13. The van der Waals surface area contributed by atoms with Gasteiger partial charge in [-0.05, 0) is 37.7 Å². The number of rotatable bonds is 9. The normalized spacial score (nSPS) is 14.5. The molecule has 1 aliphatic heterocycles. The number of amides is 1. The number of piperidine rings is 1. The summed E-state index contributed by atoms with van der Waals surface area (Å²) in [5.74, 6) is -0.0549. The Morgan fingerprint density at radius 1 is 0.838 bits per heavy atom. The van der Waals surface area contributed by atoms with Gasteiger partial charge in [0.25, 0.3) is 0 Å². The molecule has 192 valence electrons. The Kier molecular flexibility index (Phi) is 9.47. The zero-order valence-corrected chi connectivity index (χ0v) is 21.3. The summed E-state index contributed by atoms with van der Waals surface area (Å²) in [7, 11) is 0. The molecule has 1 fully saturated rings. The molecule has 0 spiro atoms. The van der Waals surface area contributed by atoms with Gasteiger partial charge in [-0.1, -0.05) is 91.0 Å². The molecule has 0 bridgehead atoms. The van der Waals surface area contributed by atoms with Crippen LogP contribution in [0.15, 0.2) is 96.0 Å². The lowest BCUT2D eigenvalue weighted by molar-refractivity contribution is -0.145. The minimum absolute atomic E-state index is 0.254. The van der Waals surface area contributed by atoms with Gasteiger partial charge in [0.2, 0.25) is 0 Å². The van der Waals surface area contributed by atoms with Gasteiger partial charge in [-0.2, -0.15) is 0 Å². The number of benzene rings is 3. The summed E-state index contributed by atoms with van der Waals surface area (Å²) in [6.45, 7) is 3.58. The highest BCUT2D eigenvalue weighted by Gasteiger charge is 2.29. The van der Waals surface area contributed by atoms with Gasteiger partial charge < -0.3 is 14.4 Å². The van der Waals surface area contributed by atoms with Crippen molar-refractivity contribution < 1.29 is 19.1 Å². The molecular weight excluding hydrogens is 464 g/mol. The topological polar surface area (TPSA) is 68.2 Å². The maximum atomic E-state index is 13.0. The molecule has 0 aliphatic carbocycles. The van der Waals surface area contributed by atoms with E-state index in [9.17, 15) is 9.59 Å². The van der Waals surface area contributed by atoms with Crippen LogP contribution >= 0.6 is 0 Å². The first-order valence-corrected chi connectivity index (χ1v) is 12.9. The van der Waals surface area contributed by atoms with Crippen molar-refractivity contribution in [3.05, 3.63) is 108 Å². The number of nitrogens with zero attached hydrogens (tertiary/aromatic N) is 2. The zero-order valence-electron chi connectivity index (χ0n) is 21.3. The van der Waals surface area contributed by atoms with Crippen molar-refractivity contribution in [1.82, 2.24) is 4.90 Å². The first-order valence-electron chi connectivity index (χ1n) is 12.9. The van der Waals surface area contributed by atoms with Crippen LogP contribution in [0.5, 0.6) is 0 Å². The molecule has 1 atom stereocenters. The van der Waals surface area contributed by atoms with Crippen molar-refractivity contribution in [2.75, 3.05) is 19.7 Å². The summed E-state index contributed by atoms with van der Waals surface area (Å²) in [6, 6.07) is 28.9. The Morgan fingerprint density at radius 3 is 1.92 bits per heavy atom. The molecular formula is C31H34N2O4. The van der Waals surface area contributed by atoms with E-state index in [1.54, 1.807) is 4.90 Å². The van der Waals surface area contributed by atoms with Crippen LogP contribution in [0.4, 0.5) is 4.79 Å². The molecule has 0 N–H and O–H groups in total. The van der Waals surface area contributed by atoms with Gasteiger partial charge in [0.15, 0.2) is 0 Å². The molecule has 1 saturated heterocycles. The van der Waals surface area contributed by atoms with Gasteiger partial charge in [0.1, 0.15) is 12.6 Å². The number of aliphatic imine (C=N–C) groups is 1. The largest absolute Gasteiger partial charge is 0.464 e. The van der Waals surface area contributed by atoms with Crippen LogP contribution in [0.3, 0.4) is 0 Å². The third-order valence-corrected chi connectivity index (χ3v) is 6.57. The van der Waals surface area contributed by atoms with Crippen LogP contribution in [0, 0.1) is 5.92 Å². The molecule has 3 aromatic carbocycles. The van der Waals surface area contributed by atoms with Crippen LogP contribution in [0.1, 0.15) is 42.9 Å². The zero-order chi connectivity index (χ0) is 25.9. The number of ether oxygens (including phenoxy) is 2. The average Bonchev–Trinajstić information content (AvgIpc) is 2.96. The summed E-state index contributed by atoms with van der Waals surface area (Å²) in [6.07, 6.45) is 1.86. The van der Waals surface area contributed by atoms with E-state index in [1.165, 1.54) is 0 Å². The molecule has 1 heterocycles. The predicted octanol–water partition coefficient (Wildman–Crippen LogP) is 5.89.